The molecule has 1 amide bonds. The largest absolute Gasteiger partial charge is 0.465 e. The molecular weight excluding hydrogens is 346 g/mol. The van der Waals surface area contributed by atoms with Gasteiger partial charge in [-0.1, -0.05) is 17.7 Å². The summed E-state index contributed by atoms with van der Waals surface area (Å²) in [6.45, 7) is 4.64. The van der Waals surface area contributed by atoms with Crippen molar-refractivity contribution in [2.45, 2.75) is 20.8 Å². The Balaban J connectivity index is 2.21. The van der Waals surface area contributed by atoms with Crippen molar-refractivity contribution in [3.63, 3.8) is 0 Å². The molecule has 1 aliphatic heterocycles. The van der Waals surface area contributed by atoms with Crippen molar-refractivity contribution < 1.29 is 22.7 Å². The zero-order valence-corrected chi connectivity index (χ0v) is 15.2. The summed E-state index contributed by atoms with van der Waals surface area (Å²) in [4.78, 5) is 23.9. The van der Waals surface area contributed by atoms with E-state index in [1.807, 2.05) is 26.0 Å². The van der Waals surface area contributed by atoms with Crippen LogP contribution >= 0.6 is 0 Å². The molecule has 0 saturated carbocycles. The minimum atomic E-state index is -4.08. The van der Waals surface area contributed by atoms with Crippen molar-refractivity contribution in [1.29, 1.82) is 0 Å². The third-order valence-electron chi connectivity index (χ3n) is 3.57. The number of esters is 1. The molecule has 0 fully saturated rings. The van der Waals surface area contributed by atoms with E-state index in [2.05, 4.69) is 14.5 Å². The fourth-order valence-electron chi connectivity index (χ4n) is 2.30. The van der Waals surface area contributed by atoms with Crippen molar-refractivity contribution in [3.05, 3.63) is 41.1 Å². The summed E-state index contributed by atoms with van der Waals surface area (Å²) in [5.41, 5.74) is 2.48. The number of carbonyl (C=O) groups is 2. The van der Waals surface area contributed by atoms with Crippen LogP contribution in [0, 0.1) is 13.8 Å². The van der Waals surface area contributed by atoms with Crippen LogP contribution in [0.1, 0.15) is 18.1 Å². The molecule has 9 heteroatoms. The van der Waals surface area contributed by atoms with E-state index in [9.17, 15) is 18.0 Å². The van der Waals surface area contributed by atoms with Gasteiger partial charge in [0, 0.05) is 11.9 Å². The van der Waals surface area contributed by atoms with Crippen LogP contribution in [0.25, 0.3) is 0 Å². The summed E-state index contributed by atoms with van der Waals surface area (Å²) in [5, 5.41) is 2.65. The van der Waals surface area contributed by atoms with Gasteiger partial charge in [0.25, 0.3) is 0 Å². The normalized spacial score (nSPS) is 15.9. The van der Waals surface area contributed by atoms with E-state index in [4.69, 9.17) is 0 Å². The lowest BCUT2D eigenvalue weighted by Crippen LogP contribution is -2.37. The van der Waals surface area contributed by atoms with Crippen molar-refractivity contribution in [3.8, 4) is 0 Å². The predicted octanol–water partition coefficient (Wildman–Crippen LogP) is 1.32. The maximum Gasteiger partial charge on any atom is 0.344 e. The van der Waals surface area contributed by atoms with Crippen LogP contribution in [0.4, 0.5) is 5.69 Å². The van der Waals surface area contributed by atoms with Crippen LogP contribution < -0.4 is 5.32 Å². The van der Waals surface area contributed by atoms with E-state index < -0.39 is 28.6 Å². The van der Waals surface area contributed by atoms with Crippen LogP contribution in [-0.2, 0) is 24.5 Å². The number of hydrogen-bond acceptors (Lipinski definition) is 5. The highest BCUT2D eigenvalue weighted by molar-refractivity contribution is 7.88. The smallest absolute Gasteiger partial charge is 0.344 e. The highest BCUT2D eigenvalue weighted by atomic mass is 32.2. The van der Waals surface area contributed by atoms with Gasteiger partial charge in [0.15, 0.2) is 0 Å². The summed E-state index contributed by atoms with van der Waals surface area (Å²) in [6, 6.07) is 5.48. The number of carbonyl (C=O) groups excluding carboxylic acids is 2. The highest BCUT2D eigenvalue weighted by Crippen LogP contribution is 2.19. The second kappa shape index (κ2) is 7.06. The minimum Gasteiger partial charge on any atom is -0.465 e. The van der Waals surface area contributed by atoms with Crippen LogP contribution in [-0.4, -0.2) is 44.0 Å². The fourth-order valence-corrected chi connectivity index (χ4v) is 3.37. The molecule has 134 valence electrons. The van der Waals surface area contributed by atoms with Crippen molar-refractivity contribution in [2.75, 3.05) is 19.0 Å². The number of methoxy groups -OCH3 is 1. The quantitative estimate of drug-likeness (QED) is 0.810. The van der Waals surface area contributed by atoms with Crippen molar-refractivity contribution >= 4 is 33.5 Å². The summed E-state index contributed by atoms with van der Waals surface area (Å²) in [6.07, 6.45) is 1.06. The number of nitrogens with zero attached hydrogens (tertiary/aromatic N) is 2. The number of ether oxygens (including phenoxy) is 1. The molecule has 0 radical (unpaired) electrons. The van der Waals surface area contributed by atoms with Gasteiger partial charge in [-0.05, 0) is 32.4 Å². The van der Waals surface area contributed by atoms with E-state index in [0.29, 0.717) is 9.99 Å². The van der Waals surface area contributed by atoms with Crippen molar-refractivity contribution in [2.24, 2.45) is 4.40 Å². The average molecular weight is 365 g/mol. The van der Waals surface area contributed by atoms with Gasteiger partial charge in [-0.2, -0.15) is 8.42 Å². The lowest BCUT2D eigenvalue weighted by atomic mass is 10.1. The van der Waals surface area contributed by atoms with Crippen LogP contribution in [0.5, 0.6) is 0 Å². The van der Waals surface area contributed by atoms with Gasteiger partial charge in [0.2, 0.25) is 5.91 Å². The monoisotopic (exact) mass is 365 g/mol. The molecule has 1 N–H and O–H groups in total. The second-order valence-corrected chi connectivity index (χ2v) is 7.15. The number of rotatable bonds is 4. The minimum absolute atomic E-state index is 0.0119. The molecule has 25 heavy (non-hydrogen) atoms. The molecule has 1 aromatic rings. The Morgan fingerprint density at radius 2 is 1.92 bits per heavy atom. The maximum absolute atomic E-state index is 12.2. The van der Waals surface area contributed by atoms with Gasteiger partial charge in [0.1, 0.15) is 6.54 Å². The van der Waals surface area contributed by atoms with Gasteiger partial charge >= 0.3 is 16.2 Å². The van der Waals surface area contributed by atoms with Gasteiger partial charge in [-0.15, -0.1) is 4.40 Å². The Morgan fingerprint density at radius 3 is 2.52 bits per heavy atom. The molecule has 0 aliphatic carbocycles. The topological polar surface area (TPSA) is 105 Å². The second-order valence-electron chi connectivity index (χ2n) is 5.60. The van der Waals surface area contributed by atoms with Crippen molar-refractivity contribution in [1.82, 2.24) is 4.31 Å². The van der Waals surface area contributed by atoms with Crippen LogP contribution in [0.15, 0.2) is 34.4 Å². The zero-order valence-electron chi connectivity index (χ0n) is 14.4. The number of hydrogen-bond donors (Lipinski definition) is 1. The Kier molecular flexibility index (Phi) is 5.27. The molecule has 1 aromatic carbocycles. The first kappa shape index (κ1) is 18.7. The molecule has 2 rings (SSSR count). The SMILES string of the molecule is COC(=O)C1=CN(CC(=O)Nc2ccc(C)cc2C)S(=O)(=O)N=C1C. The number of amides is 1. The first-order chi connectivity index (χ1) is 11.6. The summed E-state index contributed by atoms with van der Waals surface area (Å²) in [5.74, 6) is -1.28. The third-order valence-corrected chi connectivity index (χ3v) is 4.90. The average Bonchev–Trinajstić information content (AvgIpc) is 2.51. The molecule has 0 saturated heterocycles. The lowest BCUT2D eigenvalue weighted by molar-refractivity contribution is -0.135. The Labute approximate surface area is 146 Å². The zero-order chi connectivity index (χ0) is 18.8. The van der Waals surface area contributed by atoms with E-state index in [1.165, 1.54) is 14.0 Å². The molecular formula is C16H19N3O5S. The molecule has 0 bridgehead atoms. The molecule has 0 aromatic heterocycles. The van der Waals surface area contributed by atoms with Crippen LogP contribution in [0.2, 0.25) is 0 Å². The molecule has 8 nitrogen and oxygen atoms in total. The van der Waals surface area contributed by atoms with Gasteiger partial charge in [0.05, 0.1) is 18.4 Å². The van der Waals surface area contributed by atoms with E-state index in [1.54, 1.807) is 6.07 Å². The summed E-state index contributed by atoms with van der Waals surface area (Å²) >= 11 is 0. The van der Waals surface area contributed by atoms with Gasteiger partial charge in [-0.25, -0.2) is 9.10 Å². The first-order valence-corrected chi connectivity index (χ1v) is 8.79. The summed E-state index contributed by atoms with van der Waals surface area (Å²) in [7, 11) is -2.90. The molecule has 0 unspecified atom stereocenters. The maximum atomic E-state index is 12.2. The van der Waals surface area contributed by atoms with E-state index >= 15 is 0 Å². The number of benzene rings is 1. The predicted molar refractivity (Wildman–Crippen MR) is 93.4 cm³/mol. The first-order valence-electron chi connectivity index (χ1n) is 7.40. The lowest BCUT2D eigenvalue weighted by Gasteiger charge is -2.22. The van der Waals surface area contributed by atoms with E-state index in [0.717, 1.165) is 17.3 Å². The Hall–Kier alpha value is -2.68. The Bertz CT molecular complexity index is 887. The fraction of sp³-hybridized carbons (Fsp3) is 0.312. The standard InChI is InChI=1S/C16H19N3O5S/c1-10-5-6-14(11(2)7-10)17-15(20)9-19-8-13(16(21)24-4)12(3)18-25(19,22)23/h5-8H,9H2,1-4H3,(H,17,20). The number of nitrogens with one attached hydrogen (secondary N) is 1. The molecule has 1 heterocycles. The molecule has 0 spiro atoms. The molecule has 1 aliphatic rings. The molecule has 0 atom stereocenters. The third kappa shape index (κ3) is 4.24. The van der Waals surface area contributed by atoms with E-state index in [-0.39, 0.29) is 11.3 Å². The van der Waals surface area contributed by atoms with Gasteiger partial charge in [-0.3, -0.25) is 4.79 Å². The van der Waals surface area contributed by atoms with Gasteiger partial charge < -0.3 is 10.1 Å². The summed E-state index contributed by atoms with van der Waals surface area (Å²) < 4.78 is 33.0. The highest BCUT2D eigenvalue weighted by Gasteiger charge is 2.30. The van der Waals surface area contributed by atoms with Crippen LogP contribution in [0.3, 0.4) is 0 Å². The Morgan fingerprint density at radius 1 is 1.24 bits per heavy atom. The number of anilines is 1. The number of aryl methyl sites for hydroxylation is 2.